The van der Waals surface area contributed by atoms with Gasteiger partial charge in [0.1, 0.15) is 0 Å². The van der Waals surface area contributed by atoms with Crippen LogP contribution in [-0.2, 0) is 9.59 Å². The third kappa shape index (κ3) is 3.89. The summed E-state index contributed by atoms with van der Waals surface area (Å²) in [5.74, 6) is -1.80. The molecule has 0 aromatic heterocycles. The van der Waals surface area contributed by atoms with Crippen molar-refractivity contribution in [1.29, 1.82) is 0 Å². The van der Waals surface area contributed by atoms with Crippen molar-refractivity contribution in [3.63, 3.8) is 0 Å². The van der Waals surface area contributed by atoms with Gasteiger partial charge in [-0.25, -0.2) is 0 Å². The van der Waals surface area contributed by atoms with Gasteiger partial charge in [-0.2, -0.15) is 0 Å². The number of non-ortho nitro benzene ring substituents is 1. The van der Waals surface area contributed by atoms with Gasteiger partial charge in [0, 0.05) is 22.3 Å². The lowest BCUT2D eigenvalue weighted by molar-refractivity contribution is -0.384. The summed E-state index contributed by atoms with van der Waals surface area (Å²) in [6.45, 7) is 0. The van der Waals surface area contributed by atoms with Gasteiger partial charge in [0.25, 0.3) is 5.69 Å². The Morgan fingerprint density at radius 3 is 2.36 bits per heavy atom. The Balaban J connectivity index is 2.06. The Morgan fingerprint density at radius 2 is 1.68 bits per heavy atom. The third-order valence-electron chi connectivity index (χ3n) is 2.64. The highest BCUT2D eigenvalue weighted by atomic mass is 79.9. The van der Waals surface area contributed by atoms with E-state index in [1.165, 1.54) is 24.3 Å². The molecule has 0 aliphatic carbocycles. The van der Waals surface area contributed by atoms with E-state index in [2.05, 4.69) is 26.6 Å². The Bertz CT molecular complexity index is 748. The van der Waals surface area contributed by atoms with E-state index in [1.54, 1.807) is 24.3 Å². The summed E-state index contributed by atoms with van der Waals surface area (Å²) in [5, 5.41) is 15.4. The van der Waals surface area contributed by atoms with Crippen LogP contribution >= 0.6 is 15.9 Å². The predicted octanol–water partition coefficient (Wildman–Crippen LogP) is 2.93. The SMILES string of the molecule is O=C(Nc1cccc([N+](=O)[O-])c1)C(=O)Nc1ccccc1Br. The Labute approximate surface area is 133 Å². The van der Waals surface area contributed by atoms with Crippen molar-refractivity contribution >= 4 is 44.8 Å². The van der Waals surface area contributed by atoms with Crippen LogP contribution in [-0.4, -0.2) is 16.7 Å². The molecule has 0 saturated carbocycles. The molecule has 8 heteroatoms. The van der Waals surface area contributed by atoms with E-state index in [4.69, 9.17) is 0 Å². The molecule has 0 saturated heterocycles. The zero-order valence-corrected chi connectivity index (χ0v) is 12.7. The van der Waals surface area contributed by atoms with Crippen LogP contribution in [0.25, 0.3) is 0 Å². The highest BCUT2D eigenvalue weighted by molar-refractivity contribution is 9.10. The van der Waals surface area contributed by atoms with Crippen molar-refractivity contribution in [1.82, 2.24) is 0 Å². The van der Waals surface area contributed by atoms with Gasteiger partial charge in [0.2, 0.25) is 0 Å². The molecule has 22 heavy (non-hydrogen) atoms. The van der Waals surface area contributed by atoms with Crippen LogP contribution in [0.5, 0.6) is 0 Å². The maximum atomic E-state index is 11.8. The summed E-state index contributed by atoms with van der Waals surface area (Å²) in [4.78, 5) is 33.7. The summed E-state index contributed by atoms with van der Waals surface area (Å²) in [6.07, 6.45) is 0. The quantitative estimate of drug-likeness (QED) is 0.497. The highest BCUT2D eigenvalue weighted by Crippen LogP contribution is 2.21. The fraction of sp³-hybridized carbons (Fsp3) is 0. The summed E-state index contributed by atoms with van der Waals surface area (Å²) in [5.41, 5.74) is 0.437. The maximum Gasteiger partial charge on any atom is 0.314 e. The van der Waals surface area contributed by atoms with Gasteiger partial charge in [-0.1, -0.05) is 18.2 Å². The largest absolute Gasteiger partial charge is 0.318 e. The number of rotatable bonds is 3. The van der Waals surface area contributed by atoms with Gasteiger partial charge in [-0.15, -0.1) is 0 Å². The molecule has 0 bridgehead atoms. The van der Waals surface area contributed by atoms with Crippen molar-refractivity contribution in [3.05, 3.63) is 63.1 Å². The number of para-hydroxylation sites is 1. The molecule has 2 N–H and O–H groups in total. The first-order valence-electron chi connectivity index (χ1n) is 6.08. The molecule has 0 radical (unpaired) electrons. The van der Waals surface area contributed by atoms with Crippen molar-refractivity contribution in [2.75, 3.05) is 10.6 Å². The van der Waals surface area contributed by atoms with E-state index < -0.39 is 16.7 Å². The van der Waals surface area contributed by atoms with Crippen molar-refractivity contribution in [2.24, 2.45) is 0 Å². The molecule has 0 atom stereocenters. The molecular weight excluding hydrogens is 354 g/mol. The standard InChI is InChI=1S/C14H10BrN3O4/c15-11-6-1-2-7-12(11)17-14(20)13(19)16-9-4-3-5-10(8-9)18(21)22/h1-8H,(H,16,19)(H,17,20). The van der Waals surface area contributed by atoms with Crippen LogP contribution in [0, 0.1) is 10.1 Å². The number of hydrogen-bond acceptors (Lipinski definition) is 4. The fourth-order valence-electron chi connectivity index (χ4n) is 1.63. The van der Waals surface area contributed by atoms with E-state index in [1.807, 2.05) is 0 Å². The molecule has 0 heterocycles. The molecule has 2 rings (SSSR count). The number of carbonyl (C=O) groups excluding carboxylic acids is 2. The number of halogens is 1. The van der Waals surface area contributed by atoms with Crippen LogP contribution in [0.3, 0.4) is 0 Å². The third-order valence-corrected chi connectivity index (χ3v) is 3.33. The highest BCUT2D eigenvalue weighted by Gasteiger charge is 2.16. The molecule has 7 nitrogen and oxygen atoms in total. The van der Waals surface area contributed by atoms with E-state index >= 15 is 0 Å². The zero-order valence-electron chi connectivity index (χ0n) is 11.1. The normalized spacial score (nSPS) is 9.86. The van der Waals surface area contributed by atoms with E-state index in [0.717, 1.165) is 0 Å². The Kier molecular flexibility index (Phi) is 4.84. The summed E-state index contributed by atoms with van der Waals surface area (Å²) in [6, 6.07) is 12.1. The van der Waals surface area contributed by atoms with E-state index in [0.29, 0.717) is 10.2 Å². The Hall–Kier alpha value is -2.74. The number of nitro groups is 1. The second-order valence-corrected chi connectivity index (χ2v) is 5.05. The average molecular weight is 364 g/mol. The first-order valence-corrected chi connectivity index (χ1v) is 6.88. The zero-order chi connectivity index (χ0) is 16.1. The number of nitro benzene ring substituents is 1. The van der Waals surface area contributed by atoms with E-state index in [9.17, 15) is 19.7 Å². The average Bonchev–Trinajstić information content (AvgIpc) is 2.49. The Morgan fingerprint density at radius 1 is 1.00 bits per heavy atom. The molecule has 2 aromatic carbocycles. The minimum absolute atomic E-state index is 0.168. The number of nitrogens with zero attached hydrogens (tertiary/aromatic N) is 1. The number of nitrogens with one attached hydrogen (secondary N) is 2. The van der Waals surface area contributed by atoms with Crippen LogP contribution in [0.4, 0.5) is 17.1 Å². The molecular formula is C14H10BrN3O4. The van der Waals surface area contributed by atoms with Gasteiger partial charge in [-0.3, -0.25) is 19.7 Å². The van der Waals surface area contributed by atoms with Gasteiger partial charge in [-0.05, 0) is 34.1 Å². The number of benzene rings is 2. The number of anilines is 2. The van der Waals surface area contributed by atoms with Crippen LogP contribution in [0.15, 0.2) is 53.0 Å². The number of carbonyl (C=O) groups is 2. The van der Waals surface area contributed by atoms with Crippen molar-refractivity contribution in [2.45, 2.75) is 0 Å². The molecule has 0 fully saturated rings. The predicted molar refractivity (Wildman–Crippen MR) is 84.5 cm³/mol. The summed E-state index contributed by atoms with van der Waals surface area (Å²) in [7, 11) is 0. The van der Waals surface area contributed by atoms with Crippen LogP contribution in [0.1, 0.15) is 0 Å². The molecule has 2 aromatic rings. The number of hydrogen-bond donors (Lipinski definition) is 2. The lowest BCUT2D eigenvalue weighted by atomic mass is 10.2. The van der Waals surface area contributed by atoms with Crippen molar-refractivity contribution in [3.8, 4) is 0 Å². The topological polar surface area (TPSA) is 101 Å². The molecule has 0 spiro atoms. The first-order chi connectivity index (χ1) is 10.5. The fourth-order valence-corrected chi connectivity index (χ4v) is 2.01. The molecule has 0 unspecified atom stereocenters. The lowest BCUT2D eigenvalue weighted by Gasteiger charge is -2.07. The van der Waals surface area contributed by atoms with Gasteiger partial charge >= 0.3 is 11.8 Å². The molecule has 112 valence electrons. The minimum atomic E-state index is -0.920. The molecule has 0 aliphatic rings. The smallest absolute Gasteiger partial charge is 0.314 e. The van der Waals surface area contributed by atoms with Crippen molar-refractivity contribution < 1.29 is 14.5 Å². The maximum absolute atomic E-state index is 11.8. The monoisotopic (exact) mass is 363 g/mol. The van der Waals surface area contributed by atoms with Gasteiger partial charge < -0.3 is 10.6 Å². The van der Waals surface area contributed by atoms with Gasteiger partial charge in [0.05, 0.1) is 10.6 Å². The van der Waals surface area contributed by atoms with Crippen LogP contribution < -0.4 is 10.6 Å². The number of amides is 2. The van der Waals surface area contributed by atoms with E-state index in [-0.39, 0.29) is 11.4 Å². The second kappa shape index (κ2) is 6.81. The summed E-state index contributed by atoms with van der Waals surface area (Å²) < 4.78 is 0.631. The first kappa shape index (κ1) is 15.6. The minimum Gasteiger partial charge on any atom is -0.318 e. The van der Waals surface area contributed by atoms with Crippen LogP contribution in [0.2, 0.25) is 0 Å². The lowest BCUT2D eigenvalue weighted by Crippen LogP contribution is -2.29. The molecule has 0 aliphatic heterocycles. The van der Waals surface area contributed by atoms with Gasteiger partial charge in [0.15, 0.2) is 0 Å². The second-order valence-electron chi connectivity index (χ2n) is 4.20. The molecule has 2 amide bonds. The summed E-state index contributed by atoms with van der Waals surface area (Å²) >= 11 is 3.24.